The number of nitrogens with one attached hydrogen (secondary N) is 2. The average Bonchev–Trinajstić information content (AvgIpc) is 2.94. The van der Waals surface area contributed by atoms with Crippen LogP contribution in [0.15, 0.2) is 84.9 Å². The molecule has 0 unspecified atom stereocenters. The van der Waals surface area contributed by atoms with Crippen molar-refractivity contribution >= 4 is 18.0 Å². The number of alkyl carbamates (subject to hydrolysis) is 1. The number of benzene rings is 3. The van der Waals surface area contributed by atoms with Crippen LogP contribution in [-0.2, 0) is 38.7 Å². The van der Waals surface area contributed by atoms with Crippen molar-refractivity contribution in [3.8, 4) is 5.75 Å². The zero-order chi connectivity index (χ0) is 27.2. The summed E-state index contributed by atoms with van der Waals surface area (Å²) < 4.78 is 15.8. The Morgan fingerprint density at radius 1 is 0.842 bits per heavy atom. The van der Waals surface area contributed by atoms with E-state index in [1.54, 1.807) is 12.1 Å². The van der Waals surface area contributed by atoms with Gasteiger partial charge >= 0.3 is 12.1 Å². The number of hydrogen-bond acceptors (Lipinski definition) is 7. The average molecular weight is 521 g/mol. The fourth-order valence-corrected chi connectivity index (χ4v) is 3.59. The molecule has 38 heavy (non-hydrogen) atoms. The maximum atomic E-state index is 12.5. The highest BCUT2D eigenvalue weighted by Gasteiger charge is 2.23. The third-order valence-electron chi connectivity index (χ3n) is 5.52. The third kappa shape index (κ3) is 9.94. The summed E-state index contributed by atoms with van der Waals surface area (Å²) in [6.07, 6.45) is -2.05. The first-order chi connectivity index (χ1) is 18.4. The first kappa shape index (κ1) is 28.2. The molecule has 200 valence electrons. The van der Waals surface area contributed by atoms with E-state index in [9.17, 15) is 19.5 Å². The van der Waals surface area contributed by atoms with Crippen molar-refractivity contribution in [3.05, 3.63) is 102 Å². The van der Waals surface area contributed by atoms with Crippen LogP contribution in [0.25, 0.3) is 0 Å². The van der Waals surface area contributed by atoms with E-state index in [1.165, 1.54) is 7.11 Å². The van der Waals surface area contributed by atoms with Crippen LogP contribution in [0.3, 0.4) is 0 Å². The summed E-state index contributed by atoms with van der Waals surface area (Å²) in [6.45, 7) is 0.292. The number of ether oxygens (including phenoxy) is 3. The smallest absolute Gasteiger partial charge is 0.407 e. The molecule has 0 heterocycles. The molecule has 0 aliphatic heterocycles. The van der Waals surface area contributed by atoms with Crippen molar-refractivity contribution in [1.29, 1.82) is 0 Å². The number of methoxy groups -OCH3 is 1. The Balaban J connectivity index is 1.46. The fraction of sp³-hybridized carbons (Fsp3) is 0.276. The molecule has 3 aromatic rings. The minimum absolute atomic E-state index is 0.0859. The van der Waals surface area contributed by atoms with Gasteiger partial charge in [0.15, 0.2) is 0 Å². The van der Waals surface area contributed by atoms with Crippen LogP contribution in [0.1, 0.15) is 23.1 Å². The monoisotopic (exact) mass is 520 g/mol. The predicted octanol–water partition coefficient (Wildman–Crippen LogP) is 3.14. The zero-order valence-corrected chi connectivity index (χ0v) is 21.2. The van der Waals surface area contributed by atoms with E-state index in [-0.39, 0.29) is 26.0 Å². The topological polar surface area (TPSA) is 123 Å². The number of aliphatic hydroxyl groups is 1. The van der Waals surface area contributed by atoms with Crippen LogP contribution in [0.5, 0.6) is 5.75 Å². The van der Waals surface area contributed by atoms with Gasteiger partial charge in [0.25, 0.3) is 0 Å². The second-order valence-corrected chi connectivity index (χ2v) is 8.57. The molecule has 0 radical (unpaired) electrons. The summed E-state index contributed by atoms with van der Waals surface area (Å²) in [5.41, 5.74) is 2.61. The Morgan fingerprint density at radius 2 is 1.47 bits per heavy atom. The molecule has 0 aliphatic carbocycles. The van der Waals surface area contributed by atoms with Gasteiger partial charge in [-0.1, -0.05) is 72.8 Å². The summed E-state index contributed by atoms with van der Waals surface area (Å²) in [4.78, 5) is 36.7. The van der Waals surface area contributed by atoms with E-state index in [0.717, 1.165) is 16.7 Å². The molecule has 0 bridgehead atoms. The number of aliphatic hydroxyl groups excluding tert-OH is 1. The van der Waals surface area contributed by atoms with Gasteiger partial charge in [0.2, 0.25) is 5.91 Å². The van der Waals surface area contributed by atoms with Gasteiger partial charge in [0, 0.05) is 13.0 Å². The first-order valence-corrected chi connectivity index (χ1v) is 12.2. The SMILES string of the molecule is COC(=O)[C@@H](Cc1cccc(OCc2ccccc2)c1)NC(=O)C[C@@H](O)CNC(=O)OCc1ccccc1. The molecule has 9 nitrogen and oxygen atoms in total. The van der Waals surface area contributed by atoms with Crippen molar-refractivity contribution in [3.63, 3.8) is 0 Å². The molecule has 0 aliphatic rings. The van der Waals surface area contributed by atoms with Gasteiger partial charge in [0.05, 0.1) is 19.6 Å². The summed E-state index contributed by atoms with van der Waals surface area (Å²) in [7, 11) is 1.24. The minimum atomic E-state index is -1.17. The summed E-state index contributed by atoms with van der Waals surface area (Å²) in [6, 6.07) is 25.1. The molecule has 0 aromatic heterocycles. The van der Waals surface area contributed by atoms with Gasteiger partial charge in [-0.2, -0.15) is 0 Å². The van der Waals surface area contributed by atoms with Crippen LogP contribution in [0.4, 0.5) is 4.79 Å². The first-order valence-electron chi connectivity index (χ1n) is 12.2. The highest BCUT2D eigenvalue weighted by Crippen LogP contribution is 2.17. The van der Waals surface area contributed by atoms with Crippen molar-refractivity contribution in [1.82, 2.24) is 10.6 Å². The molecule has 2 atom stereocenters. The molecule has 0 spiro atoms. The lowest BCUT2D eigenvalue weighted by Gasteiger charge is -2.18. The third-order valence-corrected chi connectivity index (χ3v) is 5.52. The van der Waals surface area contributed by atoms with Gasteiger partial charge in [0.1, 0.15) is 25.0 Å². The van der Waals surface area contributed by atoms with Crippen LogP contribution in [-0.4, -0.2) is 48.9 Å². The van der Waals surface area contributed by atoms with E-state index in [2.05, 4.69) is 10.6 Å². The summed E-state index contributed by atoms with van der Waals surface area (Å²) in [5, 5.41) is 15.2. The second kappa shape index (κ2) is 15.0. The highest BCUT2D eigenvalue weighted by atomic mass is 16.5. The normalized spacial score (nSPS) is 12.1. The van der Waals surface area contributed by atoms with Gasteiger partial charge in [-0.3, -0.25) is 4.79 Å². The van der Waals surface area contributed by atoms with Crippen LogP contribution < -0.4 is 15.4 Å². The van der Waals surface area contributed by atoms with Crippen LogP contribution in [0, 0.1) is 0 Å². The lowest BCUT2D eigenvalue weighted by Crippen LogP contribution is -2.45. The molecule has 0 fully saturated rings. The fourth-order valence-electron chi connectivity index (χ4n) is 3.59. The quantitative estimate of drug-likeness (QED) is 0.296. The standard InChI is InChI=1S/C29H32N2O7/c1-36-28(34)26(16-23-13-8-14-25(15-23)37-19-21-9-4-2-5-10-21)31-27(33)17-24(32)18-30-29(35)38-20-22-11-6-3-7-12-22/h2-15,24,26,32H,16-20H2,1H3,(H,30,35)(H,31,33)/t24-,26-/m1/s1. The Hall–Kier alpha value is -4.37. The second-order valence-electron chi connectivity index (χ2n) is 8.57. The largest absolute Gasteiger partial charge is 0.489 e. The Labute approximate surface area is 221 Å². The lowest BCUT2D eigenvalue weighted by atomic mass is 10.1. The Kier molecular flexibility index (Phi) is 11.1. The molecular weight excluding hydrogens is 488 g/mol. The number of amides is 2. The summed E-state index contributed by atoms with van der Waals surface area (Å²) >= 11 is 0. The Bertz CT molecular complexity index is 1170. The van der Waals surface area contributed by atoms with Crippen molar-refractivity contribution in [2.75, 3.05) is 13.7 Å². The van der Waals surface area contributed by atoms with Crippen molar-refractivity contribution < 1.29 is 33.7 Å². The molecule has 3 rings (SSSR count). The number of carbonyl (C=O) groups is 3. The van der Waals surface area contributed by atoms with Crippen LogP contribution >= 0.6 is 0 Å². The summed E-state index contributed by atoms with van der Waals surface area (Å²) in [5.74, 6) is -0.558. The van der Waals surface area contributed by atoms with Crippen LogP contribution in [0.2, 0.25) is 0 Å². The van der Waals surface area contributed by atoms with Gasteiger partial charge in [-0.15, -0.1) is 0 Å². The molecule has 0 saturated heterocycles. The Morgan fingerprint density at radius 3 is 2.13 bits per heavy atom. The maximum Gasteiger partial charge on any atom is 0.407 e. The van der Waals surface area contributed by atoms with E-state index >= 15 is 0 Å². The van der Waals surface area contributed by atoms with E-state index in [4.69, 9.17) is 14.2 Å². The zero-order valence-electron chi connectivity index (χ0n) is 21.2. The number of carbonyl (C=O) groups excluding carboxylic acids is 3. The van der Waals surface area contributed by atoms with Gasteiger partial charge in [-0.05, 0) is 28.8 Å². The molecule has 3 N–H and O–H groups in total. The van der Waals surface area contributed by atoms with Gasteiger partial charge in [-0.25, -0.2) is 9.59 Å². The highest BCUT2D eigenvalue weighted by molar-refractivity contribution is 5.85. The predicted molar refractivity (Wildman–Crippen MR) is 140 cm³/mol. The molecule has 0 saturated carbocycles. The molecule has 3 aromatic carbocycles. The molecule has 2 amide bonds. The van der Waals surface area contributed by atoms with Gasteiger partial charge < -0.3 is 30.0 Å². The minimum Gasteiger partial charge on any atom is -0.489 e. The molecular formula is C29H32N2O7. The van der Waals surface area contributed by atoms with E-state index < -0.39 is 30.1 Å². The van der Waals surface area contributed by atoms with Crippen molar-refractivity contribution in [2.45, 2.75) is 38.2 Å². The lowest BCUT2D eigenvalue weighted by molar-refractivity contribution is -0.145. The number of esters is 1. The number of hydrogen-bond donors (Lipinski definition) is 3. The number of rotatable bonds is 13. The van der Waals surface area contributed by atoms with Crippen molar-refractivity contribution in [2.24, 2.45) is 0 Å². The van der Waals surface area contributed by atoms with E-state index in [1.807, 2.05) is 72.8 Å². The maximum absolute atomic E-state index is 12.5. The molecule has 9 heteroatoms. The van der Waals surface area contributed by atoms with E-state index in [0.29, 0.717) is 12.4 Å².